The van der Waals surface area contributed by atoms with Crippen LogP contribution in [-0.2, 0) is 13.0 Å². The van der Waals surface area contributed by atoms with Gasteiger partial charge >= 0.3 is 0 Å². The first-order chi connectivity index (χ1) is 10.8. The van der Waals surface area contributed by atoms with Crippen molar-refractivity contribution in [2.45, 2.75) is 38.3 Å². The van der Waals surface area contributed by atoms with Gasteiger partial charge in [0, 0.05) is 6.54 Å². The molecule has 0 fully saturated rings. The molecule has 118 valence electrons. The van der Waals surface area contributed by atoms with E-state index < -0.39 is 0 Å². The molecule has 22 heavy (non-hydrogen) atoms. The van der Waals surface area contributed by atoms with Gasteiger partial charge < -0.3 is 10.1 Å². The van der Waals surface area contributed by atoms with Crippen molar-refractivity contribution in [2.75, 3.05) is 13.7 Å². The summed E-state index contributed by atoms with van der Waals surface area (Å²) in [5.41, 5.74) is 0.993. The average molecular weight is 304 g/mol. The number of aryl methyl sites for hydroxylation is 2. The summed E-state index contributed by atoms with van der Waals surface area (Å²) in [6.07, 6.45) is 5.63. The summed E-state index contributed by atoms with van der Waals surface area (Å²) in [4.78, 5) is 4.33. The van der Waals surface area contributed by atoms with Crippen LogP contribution in [0, 0.1) is 5.82 Å². The first-order valence-corrected chi connectivity index (χ1v) is 7.71. The van der Waals surface area contributed by atoms with Crippen LogP contribution in [0.4, 0.5) is 4.39 Å². The highest BCUT2D eigenvalue weighted by molar-refractivity contribution is 5.29. The zero-order valence-corrected chi connectivity index (χ0v) is 12.8. The van der Waals surface area contributed by atoms with Gasteiger partial charge in [-0.1, -0.05) is 6.07 Å². The SMILES string of the molecule is COc1ccc(CCCN[C@H]2CCCn3ncnc32)cc1F. The quantitative estimate of drug-likeness (QED) is 0.833. The molecule has 0 aliphatic carbocycles. The van der Waals surface area contributed by atoms with Gasteiger partial charge in [0.1, 0.15) is 12.2 Å². The highest BCUT2D eigenvalue weighted by Gasteiger charge is 2.21. The molecule has 2 heterocycles. The molecule has 0 saturated carbocycles. The van der Waals surface area contributed by atoms with Crippen LogP contribution in [0.2, 0.25) is 0 Å². The average Bonchev–Trinajstić information content (AvgIpc) is 3.01. The minimum absolute atomic E-state index is 0.281. The molecule has 6 heteroatoms. The molecule has 0 amide bonds. The van der Waals surface area contributed by atoms with E-state index in [0.717, 1.165) is 50.2 Å². The fourth-order valence-corrected chi connectivity index (χ4v) is 2.92. The van der Waals surface area contributed by atoms with Crippen molar-refractivity contribution in [1.82, 2.24) is 20.1 Å². The Balaban J connectivity index is 1.48. The maximum absolute atomic E-state index is 13.6. The van der Waals surface area contributed by atoms with E-state index in [1.165, 1.54) is 7.11 Å². The van der Waals surface area contributed by atoms with Gasteiger partial charge in [-0.05, 0) is 49.9 Å². The molecular weight excluding hydrogens is 283 g/mol. The molecule has 0 radical (unpaired) electrons. The van der Waals surface area contributed by atoms with Gasteiger partial charge in [-0.25, -0.2) is 14.1 Å². The third-order valence-electron chi connectivity index (χ3n) is 4.07. The molecule has 1 aliphatic heterocycles. The van der Waals surface area contributed by atoms with E-state index in [-0.39, 0.29) is 11.9 Å². The van der Waals surface area contributed by atoms with Gasteiger partial charge in [0.05, 0.1) is 13.2 Å². The monoisotopic (exact) mass is 304 g/mol. The van der Waals surface area contributed by atoms with Crippen LogP contribution in [0.3, 0.4) is 0 Å². The second-order valence-electron chi connectivity index (χ2n) is 5.56. The molecule has 1 aromatic carbocycles. The van der Waals surface area contributed by atoms with Gasteiger partial charge in [0.2, 0.25) is 0 Å². The Morgan fingerprint density at radius 2 is 2.36 bits per heavy atom. The van der Waals surface area contributed by atoms with Crippen LogP contribution >= 0.6 is 0 Å². The molecule has 1 aromatic heterocycles. The van der Waals surface area contributed by atoms with Gasteiger partial charge in [-0.15, -0.1) is 0 Å². The van der Waals surface area contributed by atoms with Crippen LogP contribution in [0.25, 0.3) is 0 Å². The Bertz CT molecular complexity index is 628. The Kier molecular flexibility index (Phi) is 4.68. The Morgan fingerprint density at radius 3 is 3.18 bits per heavy atom. The number of fused-ring (bicyclic) bond motifs is 1. The molecule has 1 N–H and O–H groups in total. The molecule has 2 aromatic rings. The summed E-state index contributed by atoms with van der Waals surface area (Å²) in [6, 6.07) is 5.43. The van der Waals surface area contributed by atoms with E-state index in [2.05, 4.69) is 15.4 Å². The fraction of sp³-hybridized carbons (Fsp3) is 0.500. The first kappa shape index (κ1) is 15.0. The van der Waals surface area contributed by atoms with Gasteiger partial charge in [0.15, 0.2) is 11.6 Å². The molecule has 0 unspecified atom stereocenters. The lowest BCUT2D eigenvalue weighted by atomic mass is 10.1. The lowest BCUT2D eigenvalue weighted by molar-refractivity contribution is 0.366. The third-order valence-corrected chi connectivity index (χ3v) is 4.07. The summed E-state index contributed by atoms with van der Waals surface area (Å²) < 4.78 is 20.5. The summed E-state index contributed by atoms with van der Waals surface area (Å²) >= 11 is 0. The zero-order valence-electron chi connectivity index (χ0n) is 12.8. The van der Waals surface area contributed by atoms with Crippen LogP contribution in [0.1, 0.15) is 36.7 Å². The molecule has 0 bridgehead atoms. The number of ether oxygens (including phenoxy) is 1. The van der Waals surface area contributed by atoms with Crippen molar-refractivity contribution in [1.29, 1.82) is 0 Å². The fourth-order valence-electron chi connectivity index (χ4n) is 2.92. The number of nitrogens with zero attached hydrogens (tertiary/aromatic N) is 3. The van der Waals surface area contributed by atoms with Crippen LogP contribution in [-0.4, -0.2) is 28.4 Å². The molecule has 1 atom stereocenters. The predicted molar refractivity (Wildman–Crippen MR) is 81.3 cm³/mol. The Morgan fingerprint density at radius 1 is 1.45 bits per heavy atom. The number of rotatable bonds is 6. The third kappa shape index (κ3) is 3.27. The van der Waals surface area contributed by atoms with E-state index in [1.807, 2.05) is 10.7 Å². The largest absolute Gasteiger partial charge is 0.494 e. The van der Waals surface area contributed by atoms with Crippen LogP contribution in [0.5, 0.6) is 5.75 Å². The van der Waals surface area contributed by atoms with Crippen LogP contribution in [0.15, 0.2) is 24.5 Å². The van der Waals surface area contributed by atoms with E-state index >= 15 is 0 Å². The first-order valence-electron chi connectivity index (χ1n) is 7.71. The van der Waals surface area contributed by atoms with Crippen molar-refractivity contribution in [3.8, 4) is 5.75 Å². The standard InChI is InChI=1S/C16H21FN4O/c1-22-15-7-6-12(10-13(15)17)4-2-8-18-14-5-3-9-21-16(14)19-11-20-21/h6-7,10-11,14,18H,2-5,8-9H2,1H3/t14-/m0/s1. The smallest absolute Gasteiger partial charge is 0.165 e. The Labute approximate surface area is 129 Å². The number of hydrogen-bond acceptors (Lipinski definition) is 4. The molecular formula is C16H21FN4O. The van der Waals surface area contributed by atoms with Gasteiger partial charge in [-0.3, -0.25) is 0 Å². The number of aromatic nitrogens is 3. The normalized spacial score (nSPS) is 17.3. The highest BCUT2D eigenvalue weighted by Crippen LogP contribution is 2.22. The molecule has 0 spiro atoms. The number of nitrogens with one attached hydrogen (secondary N) is 1. The topological polar surface area (TPSA) is 52.0 Å². The second-order valence-corrected chi connectivity index (χ2v) is 5.56. The van der Waals surface area contributed by atoms with Crippen molar-refractivity contribution in [3.05, 3.63) is 41.7 Å². The lowest BCUT2D eigenvalue weighted by Crippen LogP contribution is -2.29. The number of benzene rings is 1. The summed E-state index contributed by atoms with van der Waals surface area (Å²) in [6.45, 7) is 1.84. The molecule has 3 rings (SSSR count). The van der Waals surface area contributed by atoms with E-state index in [0.29, 0.717) is 5.75 Å². The summed E-state index contributed by atoms with van der Waals surface area (Å²) in [5.74, 6) is 1.03. The predicted octanol–water partition coefficient (Wildman–Crippen LogP) is 2.48. The minimum atomic E-state index is -0.298. The van der Waals surface area contributed by atoms with E-state index in [1.54, 1.807) is 18.5 Å². The van der Waals surface area contributed by atoms with E-state index in [4.69, 9.17) is 4.74 Å². The zero-order chi connectivity index (χ0) is 15.4. The summed E-state index contributed by atoms with van der Waals surface area (Å²) in [7, 11) is 1.48. The van der Waals surface area contributed by atoms with Crippen molar-refractivity contribution >= 4 is 0 Å². The summed E-state index contributed by atoms with van der Waals surface area (Å²) in [5, 5.41) is 7.75. The Hall–Kier alpha value is -1.95. The number of halogens is 1. The second kappa shape index (κ2) is 6.87. The highest BCUT2D eigenvalue weighted by atomic mass is 19.1. The van der Waals surface area contributed by atoms with Crippen LogP contribution < -0.4 is 10.1 Å². The number of hydrogen-bond donors (Lipinski definition) is 1. The van der Waals surface area contributed by atoms with Crippen molar-refractivity contribution < 1.29 is 9.13 Å². The van der Waals surface area contributed by atoms with Gasteiger partial charge in [0.25, 0.3) is 0 Å². The van der Waals surface area contributed by atoms with Gasteiger partial charge in [-0.2, -0.15) is 5.10 Å². The molecule has 5 nitrogen and oxygen atoms in total. The molecule has 1 aliphatic rings. The maximum atomic E-state index is 13.6. The lowest BCUT2D eigenvalue weighted by Gasteiger charge is -2.23. The van der Waals surface area contributed by atoms with Crippen molar-refractivity contribution in [3.63, 3.8) is 0 Å². The number of methoxy groups -OCH3 is 1. The molecule has 0 saturated heterocycles. The van der Waals surface area contributed by atoms with Crippen molar-refractivity contribution in [2.24, 2.45) is 0 Å². The van der Waals surface area contributed by atoms with E-state index in [9.17, 15) is 4.39 Å². The maximum Gasteiger partial charge on any atom is 0.165 e. The minimum Gasteiger partial charge on any atom is -0.494 e.